The molecule has 0 spiro atoms. The van der Waals surface area contributed by atoms with Crippen LogP contribution >= 0.6 is 0 Å². The molecule has 1 aliphatic heterocycles. The van der Waals surface area contributed by atoms with Gasteiger partial charge in [-0.05, 0) is 28.7 Å². The van der Waals surface area contributed by atoms with E-state index in [1.54, 1.807) is 18.2 Å². The van der Waals surface area contributed by atoms with Crippen molar-refractivity contribution in [1.29, 1.82) is 0 Å². The molecule has 0 radical (unpaired) electrons. The monoisotopic (exact) mass is 434 g/mol. The highest BCUT2D eigenvalue weighted by molar-refractivity contribution is 5.96. The van der Waals surface area contributed by atoms with Crippen LogP contribution in [-0.2, 0) is 10.2 Å². The average molecular weight is 435 g/mol. The third-order valence-electron chi connectivity index (χ3n) is 5.99. The van der Waals surface area contributed by atoms with Gasteiger partial charge in [-0.3, -0.25) is 9.69 Å². The number of nitrogens with one attached hydrogen (secondary N) is 1. The maximum absolute atomic E-state index is 12.9. The van der Waals surface area contributed by atoms with Gasteiger partial charge in [-0.2, -0.15) is 0 Å². The van der Waals surface area contributed by atoms with E-state index in [9.17, 15) is 9.59 Å². The van der Waals surface area contributed by atoms with E-state index < -0.39 is 11.5 Å². The van der Waals surface area contributed by atoms with Crippen LogP contribution in [0.3, 0.4) is 0 Å². The summed E-state index contributed by atoms with van der Waals surface area (Å²) in [4.78, 5) is 27.6. The molecule has 6 heteroatoms. The second kappa shape index (κ2) is 9.27. The Hall–Kier alpha value is -2.96. The van der Waals surface area contributed by atoms with Crippen molar-refractivity contribution >= 4 is 16.9 Å². The van der Waals surface area contributed by atoms with Crippen molar-refractivity contribution in [2.45, 2.75) is 32.2 Å². The fourth-order valence-corrected chi connectivity index (χ4v) is 4.06. The predicted molar refractivity (Wildman–Crippen MR) is 125 cm³/mol. The van der Waals surface area contributed by atoms with E-state index in [1.807, 2.05) is 12.1 Å². The minimum atomic E-state index is -0.626. The van der Waals surface area contributed by atoms with Crippen LogP contribution in [0.15, 0.2) is 63.8 Å². The average Bonchev–Trinajstić information content (AvgIpc) is 2.79. The molecule has 1 aliphatic rings. The number of fused-ring (bicyclic) bond motifs is 1. The Kier molecular flexibility index (Phi) is 6.44. The zero-order valence-electron chi connectivity index (χ0n) is 18.9. The predicted octanol–water partition coefficient (Wildman–Crippen LogP) is 3.89. The fourth-order valence-electron chi connectivity index (χ4n) is 4.06. The summed E-state index contributed by atoms with van der Waals surface area (Å²) < 4.78 is 10.8. The smallest absolute Gasteiger partial charge is 0.349 e. The first kappa shape index (κ1) is 22.2. The van der Waals surface area contributed by atoms with Crippen LogP contribution in [0.25, 0.3) is 11.0 Å². The highest BCUT2D eigenvalue weighted by Gasteiger charge is 2.25. The summed E-state index contributed by atoms with van der Waals surface area (Å²) in [5, 5.41) is 3.69. The summed E-state index contributed by atoms with van der Waals surface area (Å²) in [6, 6.07) is 17.3. The molecule has 0 bridgehead atoms. The lowest BCUT2D eigenvalue weighted by Crippen LogP contribution is -2.44. The lowest BCUT2D eigenvalue weighted by atomic mass is 9.86. The van der Waals surface area contributed by atoms with Crippen molar-refractivity contribution in [2.24, 2.45) is 0 Å². The summed E-state index contributed by atoms with van der Waals surface area (Å²) in [7, 11) is 0. The van der Waals surface area contributed by atoms with Crippen LogP contribution in [0, 0.1) is 0 Å². The van der Waals surface area contributed by atoms with Gasteiger partial charge in [0.2, 0.25) is 0 Å². The van der Waals surface area contributed by atoms with Gasteiger partial charge in [-0.25, -0.2) is 4.79 Å². The minimum absolute atomic E-state index is 0.00985. The second-order valence-corrected chi connectivity index (χ2v) is 9.23. The lowest BCUT2D eigenvalue weighted by molar-refractivity contribution is 0.0162. The number of morpholine rings is 1. The summed E-state index contributed by atoms with van der Waals surface area (Å²) in [5.74, 6) is -0.422. The van der Waals surface area contributed by atoms with Crippen molar-refractivity contribution in [3.63, 3.8) is 0 Å². The summed E-state index contributed by atoms with van der Waals surface area (Å²) in [5.41, 5.74) is 2.33. The number of ether oxygens (including phenoxy) is 1. The third-order valence-corrected chi connectivity index (χ3v) is 5.99. The van der Waals surface area contributed by atoms with Gasteiger partial charge in [0.25, 0.3) is 5.91 Å². The molecule has 1 aromatic heterocycles. The van der Waals surface area contributed by atoms with Gasteiger partial charge in [0.1, 0.15) is 11.1 Å². The van der Waals surface area contributed by atoms with Crippen LogP contribution in [0.4, 0.5) is 0 Å². The molecule has 6 nitrogen and oxygen atoms in total. The number of amides is 1. The Morgan fingerprint density at radius 3 is 2.44 bits per heavy atom. The van der Waals surface area contributed by atoms with E-state index in [0.717, 1.165) is 24.0 Å². The Labute approximate surface area is 188 Å². The molecule has 1 N–H and O–H groups in total. The van der Waals surface area contributed by atoms with E-state index in [4.69, 9.17) is 9.15 Å². The Morgan fingerprint density at radius 2 is 1.75 bits per heavy atom. The van der Waals surface area contributed by atoms with E-state index in [0.29, 0.717) is 25.3 Å². The second-order valence-electron chi connectivity index (χ2n) is 9.23. The SMILES string of the molecule is CC(C)(C)c1ccc(C(CNC(=O)c2cc3ccccc3oc2=O)N2CCOCC2)cc1. The van der Waals surface area contributed by atoms with E-state index in [1.165, 1.54) is 5.56 Å². The van der Waals surface area contributed by atoms with Crippen LogP contribution < -0.4 is 10.9 Å². The minimum Gasteiger partial charge on any atom is -0.422 e. The van der Waals surface area contributed by atoms with Crippen molar-refractivity contribution in [3.8, 4) is 0 Å². The maximum atomic E-state index is 12.9. The third kappa shape index (κ3) is 4.92. The standard InChI is InChI=1S/C26H30N2O4/c1-26(2,3)20-10-8-18(9-11-20)22(28-12-14-31-15-13-28)17-27-24(29)21-16-19-6-4-5-7-23(19)32-25(21)30/h4-11,16,22H,12-15,17H2,1-3H3,(H,27,29). The Morgan fingerprint density at radius 1 is 1.06 bits per heavy atom. The molecular formula is C26H30N2O4. The van der Waals surface area contributed by atoms with Crippen LogP contribution in [0.1, 0.15) is 48.3 Å². The molecular weight excluding hydrogens is 404 g/mol. The first-order valence-corrected chi connectivity index (χ1v) is 11.1. The van der Waals surface area contributed by atoms with Crippen molar-refractivity contribution in [3.05, 3.63) is 81.7 Å². The van der Waals surface area contributed by atoms with Crippen molar-refractivity contribution < 1.29 is 13.9 Å². The van der Waals surface area contributed by atoms with Gasteiger partial charge in [0.05, 0.1) is 19.3 Å². The van der Waals surface area contributed by atoms with Crippen molar-refractivity contribution in [2.75, 3.05) is 32.8 Å². The number of carbonyl (C=O) groups excluding carboxylic acids is 1. The molecule has 1 fully saturated rings. The highest BCUT2D eigenvalue weighted by atomic mass is 16.5. The molecule has 3 aromatic rings. The molecule has 168 valence electrons. The van der Waals surface area contributed by atoms with Gasteiger partial charge in [-0.1, -0.05) is 63.2 Å². The molecule has 1 unspecified atom stereocenters. The first-order valence-electron chi connectivity index (χ1n) is 11.1. The number of rotatable bonds is 5. The van der Waals surface area contributed by atoms with Crippen LogP contribution in [-0.4, -0.2) is 43.7 Å². The number of hydrogen-bond acceptors (Lipinski definition) is 5. The molecule has 2 aromatic carbocycles. The number of carbonyl (C=O) groups is 1. The zero-order chi connectivity index (χ0) is 22.7. The van der Waals surface area contributed by atoms with Gasteiger partial charge in [0, 0.05) is 25.0 Å². The molecule has 1 atom stereocenters. The fraction of sp³-hybridized carbons (Fsp3) is 0.385. The van der Waals surface area contributed by atoms with Gasteiger partial charge < -0.3 is 14.5 Å². The topological polar surface area (TPSA) is 71.8 Å². The summed E-state index contributed by atoms with van der Waals surface area (Å²) >= 11 is 0. The molecule has 1 saturated heterocycles. The zero-order valence-corrected chi connectivity index (χ0v) is 18.9. The molecule has 0 saturated carbocycles. The number of benzene rings is 2. The number of para-hydroxylation sites is 1. The quantitative estimate of drug-likeness (QED) is 0.617. The van der Waals surface area contributed by atoms with E-state index in [2.05, 4.69) is 55.3 Å². The van der Waals surface area contributed by atoms with Gasteiger partial charge in [0.15, 0.2) is 0 Å². The van der Waals surface area contributed by atoms with E-state index in [-0.39, 0.29) is 17.0 Å². The molecule has 4 rings (SSSR count). The largest absolute Gasteiger partial charge is 0.422 e. The molecule has 32 heavy (non-hydrogen) atoms. The van der Waals surface area contributed by atoms with Gasteiger partial charge in [-0.15, -0.1) is 0 Å². The molecule has 2 heterocycles. The number of hydrogen-bond donors (Lipinski definition) is 1. The lowest BCUT2D eigenvalue weighted by Gasteiger charge is -2.35. The summed E-state index contributed by atoms with van der Waals surface area (Å²) in [6.45, 7) is 9.88. The number of nitrogens with zero attached hydrogens (tertiary/aromatic N) is 1. The Balaban J connectivity index is 1.55. The van der Waals surface area contributed by atoms with Gasteiger partial charge >= 0.3 is 5.63 Å². The summed E-state index contributed by atoms with van der Waals surface area (Å²) in [6.07, 6.45) is 0. The maximum Gasteiger partial charge on any atom is 0.349 e. The van der Waals surface area contributed by atoms with Crippen molar-refractivity contribution in [1.82, 2.24) is 10.2 Å². The molecule has 0 aliphatic carbocycles. The molecule has 1 amide bonds. The van der Waals surface area contributed by atoms with E-state index >= 15 is 0 Å². The highest BCUT2D eigenvalue weighted by Crippen LogP contribution is 2.26. The van der Waals surface area contributed by atoms with Crippen LogP contribution in [0.2, 0.25) is 0 Å². The Bertz CT molecular complexity index is 1140. The normalized spacial score (nSPS) is 16.1. The van der Waals surface area contributed by atoms with Crippen LogP contribution in [0.5, 0.6) is 0 Å². The first-order chi connectivity index (χ1) is 15.3.